The van der Waals surface area contributed by atoms with Crippen molar-refractivity contribution in [3.8, 4) is 0 Å². The molecule has 2 heterocycles. The van der Waals surface area contributed by atoms with Crippen molar-refractivity contribution in [1.29, 1.82) is 0 Å². The summed E-state index contributed by atoms with van der Waals surface area (Å²) in [5, 5.41) is 2.73. The van der Waals surface area contributed by atoms with Gasteiger partial charge in [-0.25, -0.2) is 0 Å². The van der Waals surface area contributed by atoms with Crippen LogP contribution in [0.2, 0.25) is 0 Å². The van der Waals surface area contributed by atoms with Gasteiger partial charge in [-0.3, -0.25) is 9.59 Å². The third kappa shape index (κ3) is 3.66. The highest BCUT2D eigenvalue weighted by Gasteiger charge is 2.37. The summed E-state index contributed by atoms with van der Waals surface area (Å²) < 4.78 is 1.96. The number of hydrogen-bond donors (Lipinski definition) is 1. The van der Waals surface area contributed by atoms with Crippen LogP contribution in [0.15, 0.2) is 48.8 Å². The zero-order valence-corrected chi connectivity index (χ0v) is 15.7. The molecular weight excluding hydrogens is 326 g/mol. The van der Waals surface area contributed by atoms with Crippen LogP contribution >= 0.6 is 0 Å². The number of likely N-dealkylation sites (N-methyl/N-ethyl adjacent to an activating group) is 1. The van der Waals surface area contributed by atoms with E-state index < -0.39 is 6.04 Å². The number of nitrogens with one attached hydrogen (secondary N) is 1. The van der Waals surface area contributed by atoms with Crippen LogP contribution in [0, 0.1) is 5.92 Å². The summed E-state index contributed by atoms with van der Waals surface area (Å²) in [5.41, 5.74) is 2.27. The normalized spacial score (nSPS) is 17.7. The number of carbonyl (C=O) groups is 2. The van der Waals surface area contributed by atoms with Crippen LogP contribution in [0.5, 0.6) is 0 Å². The smallest absolute Gasteiger partial charge is 0.246 e. The zero-order valence-electron chi connectivity index (χ0n) is 15.7. The van der Waals surface area contributed by atoms with E-state index in [0.29, 0.717) is 18.9 Å². The lowest BCUT2D eigenvalue weighted by Gasteiger charge is -2.38. The van der Waals surface area contributed by atoms with E-state index in [1.165, 1.54) is 0 Å². The van der Waals surface area contributed by atoms with Gasteiger partial charge in [0.15, 0.2) is 0 Å². The summed E-state index contributed by atoms with van der Waals surface area (Å²) in [4.78, 5) is 27.8. The van der Waals surface area contributed by atoms with Gasteiger partial charge in [-0.2, -0.15) is 0 Å². The number of rotatable bonds is 5. The molecule has 0 aliphatic carbocycles. The Labute approximate surface area is 155 Å². The Morgan fingerprint density at radius 1 is 1.12 bits per heavy atom. The highest BCUT2D eigenvalue weighted by Crippen LogP contribution is 2.28. The number of aromatic nitrogens is 1. The van der Waals surface area contributed by atoms with E-state index in [4.69, 9.17) is 0 Å². The minimum Gasteiger partial charge on any atom is -0.357 e. The van der Waals surface area contributed by atoms with Crippen LogP contribution in [0.25, 0.3) is 0 Å². The molecule has 0 unspecified atom stereocenters. The third-order valence-corrected chi connectivity index (χ3v) is 5.05. The molecule has 2 amide bonds. The van der Waals surface area contributed by atoms with Crippen molar-refractivity contribution < 1.29 is 9.59 Å². The van der Waals surface area contributed by atoms with Gasteiger partial charge in [-0.1, -0.05) is 38.1 Å². The van der Waals surface area contributed by atoms with Crippen LogP contribution in [-0.4, -0.2) is 34.4 Å². The largest absolute Gasteiger partial charge is 0.357 e. The number of hydrogen-bond acceptors (Lipinski definition) is 2. The van der Waals surface area contributed by atoms with E-state index in [-0.39, 0.29) is 17.9 Å². The number of nitrogens with zero attached hydrogens (tertiary/aromatic N) is 2. The highest BCUT2D eigenvalue weighted by molar-refractivity contribution is 5.90. The molecule has 0 bridgehead atoms. The molecule has 0 fully saturated rings. The number of amides is 2. The molecule has 1 aliphatic rings. The Hall–Kier alpha value is -2.56. The fourth-order valence-corrected chi connectivity index (χ4v) is 3.70. The molecule has 1 aromatic heterocycles. The second-order valence-corrected chi connectivity index (χ2v) is 7.34. The zero-order chi connectivity index (χ0) is 18.7. The molecule has 1 aliphatic heterocycles. The van der Waals surface area contributed by atoms with Crippen molar-refractivity contribution >= 4 is 11.8 Å². The average molecular weight is 353 g/mol. The van der Waals surface area contributed by atoms with Gasteiger partial charge in [0.05, 0.1) is 0 Å². The Kier molecular flexibility index (Phi) is 5.45. The van der Waals surface area contributed by atoms with E-state index in [9.17, 15) is 9.59 Å². The van der Waals surface area contributed by atoms with Crippen molar-refractivity contribution in [3.05, 3.63) is 59.9 Å². The fourth-order valence-electron chi connectivity index (χ4n) is 3.70. The Morgan fingerprint density at radius 2 is 1.77 bits per heavy atom. The quantitative estimate of drug-likeness (QED) is 0.899. The molecule has 138 valence electrons. The van der Waals surface area contributed by atoms with Crippen molar-refractivity contribution in [2.75, 3.05) is 7.05 Å². The van der Waals surface area contributed by atoms with Crippen LogP contribution in [0.1, 0.15) is 37.4 Å². The first-order valence-corrected chi connectivity index (χ1v) is 9.22. The molecule has 1 N–H and O–H groups in total. The predicted molar refractivity (Wildman–Crippen MR) is 101 cm³/mol. The SMILES string of the molecule is CNC(=O)[C@@H]1Cc2ccccc2CN1C(=O)[C@@H](CC(C)C)n1cccc1. The summed E-state index contributed by atoms with van der Waals surface area (Å²) in [6, 6.07) is 11.2. The molecular formula is C21H27N3O2. The third-order valence-electron chi connectivity index (χ3n) is 5.05. The summed E-state index contributed by atoms with van der Waals surface area (Å²) in [6.45, 7) is 4.71. The van der Waals surface area contributed by atoms with Crippen molar-refractivity contribution in [1.82, 2.24) is 14.8 Å². The first-order chi connectivity index (χ1) is 12.5. The molecule has 0 spiro atoms. The second-order valence-electron chi connectivity index (χ2n) is 7.34. The lowest BCUT2D eigenvalue weighted by molar-refractivity contribution is -0.144. The molecule has 0 saturated heterocycles. The van der Waals surface area contributed by atoms with Crippen molar-refractivity contribution in [3.63, 3.8) is 0 Å². The number of benzene rings is 1. The van der Waals surface area contributed by atoms with E-state index in [1.807, 2.05) is 53.4 Å². The van der Waals surface area contributed by atoms with Gasteiger partial charge in [0.2, 0.25) is 11.8 Å². The maximum Gasteiger partial charge on any atom is 0.246 e. The summed E-state index contributed by atoms with van der Waals surface area (Å²) >= 11 is 0. The van der Waals surface area contributed by atoms with Gasteiger partial charge in [0.25, 0.3) is 0 Å². The van der Waals surface area contributed by atoms with Gasteiger partial charge in [0, 0.05) is 32.4 Å². The number of carbonyl (C=O) groups excluding carboxylic acids is 2. The summed E-state index contributed by atoms with van der Waals surface area (Å²) in [5.74, 6) is 0.281. The molecule has 2 aromatic rings. The molecule has 0 radical (unpaired) electrons. The molecule has 5 heteroatoms. The minimum absolute atomic E-state index is 0.0120. The molecule has 0 saturated carbocycles. The van der Waals surface area contributed by atoms with Gasteiger partial charge >= 0.3 is 0 Å². The Morgan fingerprint density at radius 3 is 2.38 bits per heavy atom. The van der Waals surface area contributed by atoms with Crippen molar-refractivity contribution in [2.24, 2.45) is 5.92 Å². The molecule has 3 rings (SSSR count). The van der Waals surface area contributed by atoms with Crippen LogP contribution < -0.4 is 5.32 Å². The fraction of sp³-hybridized carbons (Fsp3) is 0.429. The van der Waals surface area contributed by atoms with E-state index in [1.54, 1.807) is 11.9 Å². The Balaban J connectivity index is 1.94. The first kappa shape index (κ1) is 18.2. The summed E-state index contributed by atoms with van der Waals surface area (Å²) in [6.07, 6.45) is 5.16. The standard InChI is InChI=1S/C21H27N3O2/c1-15(2)12-19(23-10-6-7-11-23)21(26)24-14-17-9-5-4-8-16(17)13-18(24)20(25)22-3/h4-11,15,18-19H,12-14H2,1-3H3,(H,22,25)/t18-,19+/m0/s1. The molecule has 5 nitrogen and oxygen atoms in total. The molecule has 2 atom stereocenters. The van der Waals surface area contributed by atoms with Crippen molar-refractivity contribution in [2.45, 2.75) is 45.3 Å². The topological polar surface area (TPSA) is 54.3 Å². The van der Waals surface area contributed by atoms with Crippen LogP contribution in [-0.2, 0) is 22.6 Å². The van der Waals surface area contributed by atoms with Crippen LogP contribution in [0.4, 0.5) is 0 Å². The minimum atomic E-state index is -0.465. The average Bonchev–Trinajstić information content (AvgIpc) is 3.18. The van der Waals surface area contributed by atoms with E-state index in [0.717, 1.165) is 17.5 Å². The lowest BCUT2D eigenvalue weighted by atomic mass is 9.92. The maximum absolute atomic E-state index is 13.5. The van der Waals surface area contributed by atoms with Gasteiger partial charge < -0.3 is 14.8 Å². The Bertz CT molecular complexity index is 767. The van der Waals surface area contributed by atoms with Gasteiger partial charge in [0.1, 0.15) is 12.1 Å². The predicted octanol–water partition coefficient (Wildman–Crippen LogP) is 2.77. The van der Waals surface area contributed by atoms with E-state index >= 15 is 0 Å². The lowest BCUT2D eigenvalue weighted by Crippen LogP contribution is -2.53. The maximum atomic E-state index is 13.5. The van der Waals surface area contributed by atoms with Gasteiger partial charge in [-0.15, -0.1) is 0 Å². The van der Waals surface area contributed by atoms with Gasteiger partial charge in [-0.05, 0) is 35.6 Å². The van der Waals surface area contributed by atoms with E-state index in [2.05, 4.69) is 19.2 Å². The summed E-state index contributed by atoms with van der Waals surface area (Å²) in [7, 11) is 1.63. The first-order valence-electron chi connectivity index (χ1n) is 9.22. The molecule has 26 heavy (non-hydrogen) atoms. The number of fused-ring (bicyclic) bond motifs is 1. The monoisotopic (exact) mass is 353 g/mol. The highest BCUT2D eigenvalue weighted by atomic mass is 16.2. The van der Waals surface area contributed by atoms with Crippen LogP contribution in [0.3, 0.4) is 0 Å². The molecule has 1 aromatic carbocycles. The second kappa shape index (κ2) is 7.77.